The molecule has 7 nitrogen and oxygen atoms in total. The lowest BCUT2D eigenvalue weighted by atomic mass is 10.0. The first-order valence-corrected chi connectivity index (χ1v) is 9.78. The zero-order valence-electron chi connectivity index (χ0n) is 16.9. The number of H-pyrrole nitrogens is 1. The number of benzene rings is 2. The summed E-state index contributed by atoms with van der Waals surface area (Å²) < 4.78 is 1.78. The number of carboxylic acid groups (broad SMARTS) is 1. The number of carbonyl (C=O) groups excluding carboxylic acids is 1. The molecule has 0 aliphatic carbocycles. The number of rotatable bonds is 6. The third kappa shape index (κ3) is 4.25. The number of nitrogens with zero attached hydrogens (tertiary/aromatic N) is 1. The van der Waals surface area contributed by atoms with Crippen LogP contribution in [-0.2, 0) is 20.0 Å². The molecule has 2 heterocycles. The van der Waals surface area contributed by atoms with Crippen molar-refractivity contribution in [1.29, 1.82) is 0 Å². The minimum atomic E-state index is -0.991. The summed E-state index contributed by atoms with van der Waals surface area (Å²) in [5.41, 5.74) is 3.31. The van der Waals surface area contributed by atoms with E-state index < -0.39 is 5.97 Å². The molecule has 156 valence electrons. The standard InChI is InChI=1S/C24H21N3O4/c1-27-14-18(11-15-7-9-17(10-8-15)24(30)31)21(28)19-12-20(26-22(19)27)23(29)25-13-16-5-3-2-4-6-16/h2-10,12,14,26H,11,13H2,1H3,(H,25,29)(H,30,31). The number of carboxylic acids is 1. The Morgan fingerprint density at radius 3 is 2.42 bits per heavy atom. The average Bonchev–Trinajstić information content (AvgIpc) is 3.23. The number of amides is 1. The molecule has 2 aromatic heterocycles. The largest absolute Gasteiger partial charge is 0.478 e. The topological polar surface area (TPSA) is 104 Å². The van der Waals surface area contributed by atoms with Crippen molar-refractivity contribution in [3.63, 3.8) is 0 Å². The molecule has 0 saturated carbocycles. The maximum atomic E-state index is 13.0. The predicted octanol–water partition coefficient (Wildman–Crippen LogP) is 3.09. The Morgan fingerprint density at radius 1 is 1.03 bits per heavy atom. The Morgan fingerprint density at radius 2 is 1.74 bits per heavy atom. The zero-order valence-corrected chi connectivity index (χ0v) is 16.9. The van der Waals surface area contributed by atoms with Crippen molar-refractivity contribution in [2.45, 2.75) is 13.0 Å². The Bertz CT molecular complexity index is 1320. The summed E-state index contributed by atoms with van der Waals surface area (Å²) in [5.74, 6) is -1.28. The summed E-state index contributed by atoms with van der Waals surface area (Å²) in [6.45, 7) is 0.392. The third-order valence-electron chi connectivity index (χ3n) is 5.17. The molecular weight excluding hydrogens is 394 g/mol. The second-order valence-corrected chi connectivity index (χ2v) is 7.39. The molecule has 0 fully saturated rings. The number of aromatic amines is 1. The van der Waals surface area contributed by atoms with Gasteiger partial charge in [0.1, 0.15) is 11.3 Å². The third-order valence-corrected chi connectivity index (χ3v) is 5.17. The Kier molecular flexibility index (Phi) is 5.41. The van der Waals surface area contributed by atoms with Crippen LogP contribution < -0.4 is 10.7 Å². The van der Waals surface area contributed by atoms with Crippen LogP contribution in [0.2, 0.25) is 0 Å². The number of hydrogen-bond donors (Lipinski definition) is 3. The van der Waals surface area contributed by atoms with Crippen molar-refractivity contribution in [1.82, 2.24) is 14.9 Å². The van der Waals surface area contributed by atoms with Gasteiger partial charge < -0.3 is 20.0 Å². The quantitative estimate of drug-likeness (QED) is 0.450. The van der Waals surface area contributed by atoms with Crippen molar-refractivity contribution in [2.24, 2.45) is 7.05 Å². The van der Waals surface area contributed by atoms with Gasteiger partial charge in [-0.1, -0.05) is 42.5 Å². The van der Waals surface area contributed by atoms with Crippen molar-refractivity contribution >= 4 is 22.9 Å². The van der Waals surface area contributed by atoms with Gasteiger partial charge in [-0.25, -0.2) is 4.79 Å². The van der Waals surface area contributed by atoms with E-state index >= 15 is 0 Å². The smallest absolute Gasteiger partial charge is 0.335 e. The number of aryl methyl sites for hydroxylation is 1. The summed E-state index contributed by atoms with van der Waals surface area (Å²) in [6, 6.07) is 17.6. The second-order valence-electron chi connectivity index (χ2n) is 7.39. The molecular formula is C24H21N3O4. The molecule has 0 atom stereocenters. The molecule has 2 aromatic carbocycles. The van der Waals surface area contributed by atoms with Crippen LogP contribution in [0.15, 0.2) is 71.7 Å². The van der Waals surface area contributed by atoms with E-state index in [1.165, 1.54) is 12.1 Å². The highest BCUT2D eigenvalue weighted by atomic mass is 16.4. The van der Waals surface area contributed by atoms with Crippen molar-refractivity contribution in [3.05, 3.63) is 105 Å². The van der Waals surface area contributed by atoms with Gasteiger partial charge in [-0.15, -0.1) is 0 Å². The zero-order chi connectivity index (χ0) is 22.0. The van der Waals surface area contributed by atoms with Gasteiger partial charge in [0.2, 0.25) is 0 Å². The van der Waals surface area contributed by atoms with Crippen LogP contribution in [0.1, 0.15) is 37.5 Å². The molecule has 0 unspecified atom stereocenters. The molecule has 3 N–H and O–H groups in total. The molecule has 0 radical (unpaired) electrons. The number of pyridine rings is 1. The number of carbonyl (C=O) groups is 2. The monoisotopic (exact) mass is 415 g/mol. The maximum absolute atomic E-state index is 13.0. The van der Waals surface area contributed by atoms with E-state index in [2.05, 4.69) is 10.3 Å². The van der Waals surface area contributed by atoms with E-state index in [1.54, 1.807) is 36.0 Å². The summed E-state index contributed by atoms with van der Waals surface area (Å²) in [7, 11) is 1.81. The second kappa shape index (κ2) is 8.31. The maximum Gasteiger partial charge on any atom is 0.335 e. The van der Waals surface area contributed by atoms with E-state index in [9.17, 15) is 14.4 Å². The van der Waals surface area contributed by atoms with Gasteiger partial charge >= 0.3 is 5.97 Å². The van der Waals surface area contributed by atoms with E-state index in [0.717, 1.165) is 11.1 Å². The molecule has 7 heteroatoms. The number of hydrogen-bond acceptors (Lipinski definition) is 3. The summed E-state index contributed by atoms with van der Waals surface area (Å²) in [5, 5.41) is 12.3. The van der Waals surface area contributed by atoms with E-state index in [4.69, 9.17) is 5.11 Å². The highest BCUT2D eigenvalue weighted by Gasteiger charge is 2.15. The van der Waals surface area contributed by atoms with Gasteiger partial charge in [0.25, 0.3) is 5.91 Å². The van der Waals surface area contributed by atoms with Gasteiger partial charge in [-0.2, -0.15) is 0 Å². The fourth-order valence-corrected chi connectivity index (χ4v) is 3.53. The predicted molar refractivity (Wildman–Crippen MR) is 117 cm³/mol. The van der Waals surface area contributed by atoms with Crippen LogP contribution >= 0.6 is 0 Å². The van der Waals surface area contributed by atoms with Crippen molar-refractivity contribution in [3.8, 4) is 0 Å². The molecule has 0 aliphatic rings. The molecule has 0 saturated heterocycles. The molecule has 1 amide bonds. The molecule has 0 spiro atoms. The van der Waals surface area contributed by atoms with Crippen LogP contribution in [0, 0.1) is 0 Å². The number of nitrogens with one attached hydrogen (secondary N) is 2. The van der Waals surface area contributed by atoms with Crippen LogP contribution in [0.4, 0.5) is 0 Å². The number of aromatic carboxylic acids is 1. The average molecular weight is 415 g/mol. The van der Waals surface area contributed by atoms with Crippen LogP contribution in [0.3, 0.4) is 0 Å². The minimum absolute atomic E-state index is 0.159. The number of aromatic nitrogens is 2. The molecule has 0 bridgehead atoms. The first-order chi connectivity index (χ1) is 14.9. The molecule has 31 heavy (non-hydrogen) atoms. The SMILES string of the molecule is Cn1cc(Cc2ccc(C(=O)O)cc2)c(=O)c2cc(C(=O)NCc3ccccc3)[nH]c21. The van der Waals surface area contributed by atoms with E-state index in [-0.39, 0.29) is 16.9 Å². The van der Waals surface area contributed by atoms with Crippen LogP contribution in [-0.4, -0.2) is 26.5 Å². The first-order valence-electron chi connectivity index (χ1n) is 9.78. The van der Waals surface area contributed by atoms with Crippen LogP contribution in [0.25, 0.3) is 11.0 Å². The summed E-state index contributed by atoms with van der Waals surface area (Å²) >= 11 is 0. The summed E-state index contributed by atoms with van der Waals surface area (Å²) in [6.07, 6.45) is 2.10. The Balaban J connectivity index is 1.58. The highest BCUT2D eigenvalue weighted by Crippen LogP contribution is 2.15. The molecule has 0 aliphatic heterocycles. The van der Waals surface area contributed by atoms with Crippen LogP contribution in [0.5, 0.6) is 0 Å². The number of fused-ring (bicyclic) bond motifs is 1. The van der Waals surface area contributed by atoms with E-state index in [1.807, 2.05) is 30.3 Å². The highest BCUT2D eigenvalue weighted by molar-refractivity contribution is 5.97. The van der Waals surface area contributed by atoms with Crippen molar-refractivity contribution in [2.75, 3.05) is 0 Å². The minimum Gasteiger partial charge on any atom is -0.478 e. The molecule has 4 rings (SSSR count). The lowest BCUT2D eigenvalue weighted by Gasteiger charge is -2.07. The Labute approximate surface area is 178 Å². The van der Waals surface area contributed by atoms with Gasteiger partial charge in [0.15, 0.2) is 5.43 Å². The first kappa shape index (κ1) is 20.2. The van der Waals surface area contributed by atoms with Gasteiger partial charge in [0.05, 0.1) is 10.9 Å². The fraction of sp³-hybridized carbons (Fsp3) is 0.125. The van der Waals surface area contributed by atoms with Gasteiger partial charge in [0, 0.05) is 31.8 Å². The lowest BCUT2D eigenvalue weighted by Crippen LogP contribution is -2.23. The van der Waals surface area contributed by atoms with E-state index in [0.29, 0.717) is 35.3 Å². The van der Waals surface area contributed by atoms with Crippen molar-refractivity contribution < 1.29 is 14.7 Å². The van der Waals surface area contributed by atoms with Gasteiger partial charge in [-0.3, -0.25) is 9.59 Å². The Hall–Kier alpha value is -4.13. The van der Waals surface area contributed by atoms with Gasteiger partial charge in [-0.05, 0) is 29.3 Å². The lowest BCUT2D eigenvalue weighted by molar-refractivity contribution is 0.0696. The normalized spacial score (nSPS) is 10.9. The fourth-order valence-electron chi connectivity index (χ4n) is 3.53. The summed E-state index contributed by atoms with van der Waals surface area (Å²) in [4.78, 5) is 39.6. The molecule has 4 aromatic rings.